The minimum Gasteiger partial charge on any atom is -0.253 e. The van der Waals surface area contributed by atoms with E-state index < -0.39 is 0 Å². The Hall–Kier alpha value is -1.93. The van der Waals surface area contributed by atoms with E-state index in [1.165, 1.54) is 24.5 Å². The van der Waals surface area contributed by atoms with Gasteiger partial charge >= 0.3 is 0 Å². The lowest BCUT2D eigenvalue weighted by Gasteiger charge is -2.20. The lowest BCUT2D eigenvalue weighted by atomic mass is 9.88. The number of nitrogens with zero attached hydrogens (tertiary/aromatic N) is 1. The molecule has 1 aliphatic carbocycles. The van der Waals surface area contributed by atoms with Crippen molar-refractivity contribution in [2.24, 2.45) is 0 Å². The minimum atomic E-state index is -0.186. The summed E-state index contributed by atoms with van der Waals surface area (Å²) in [7, 11) is 0. The minimum absolute atomic E-state index is 0.186. The normalized spacial score (nSPS) is 14.9. The molecule has 122 valence electrons. The Morgan fingerprint density at radius 2 is 1.71 bits per heavy atom. The Morgan fingerprint density at radius 1 is 0.917 bits per heavy atom. The third-order valence-corrected chi connectivity index (χ3v) is 5.10. The van der Waals surface area contributed by atoms with Gasteiger partial charge in [0.2, 0.25) is 0 Å². The SMILES string of the molecule is Fc1ccccc1-c1c2c(nc3ccc(Cl)cc13)CCCCCC2. The van der Waals surface area contributed by atoms with E-state index in [4.69, 9.17) is 16.6 Å². The highest BCUT2D eigenvalue weighted by Crippen LogP contribution is 2.37. The van der Waals surface area contributed by atoms with Crippen molar-refractivity contribution in [1.29, 1.82) is 0 Å². The quantitative estimate of drug-likeness (QED) is 0.503. The second kappa shape index (κ2) is 6.52. The maximum atomic E-state index is 14.6. The number of aromatic nitrogens is 1. The van der Waals surface area contributed by atoms with Gasteiger partial charge in [-0.25, -0.2) is 4.39 Å². The summed E-state index contributed by atoms with van der Waals surface area (Å²) < 4.78 is 14.6. The standard InChI is InChI=1S/C21H19ClFN/c22-14-11-12-20-17(13-14)21(15-7-5-6-9-18(15)23)16-8-3-1-2-4-10-19(16)24-20/h5-7,9,11-13H,1-4,8,10H2. The predicted molar refractivity (Wildman–Crippen MR) is 98.0 cm³/mol. The van der Waals surface area contributed by atoms with Crippen LogP contribution in [0, 0.1) is 5.82 Å². The van der Waals surface area contributed by atoms with Crippen LogP contribution >= 0.6 is 11.6 Å². The molecule has 4 rings (SSSR count). The van der Waals surface area contributed by atoms with Crippen LogP contribution in [0.25, 0.3) is 22.0 Å². The molecule has 0 atom stereocenters. The Balaban J connectivity index is 2.08. The first-order valence-corrected chi connectivity index (χ1v) is 8.98. The fourth-order valence-electron chi connectivity index (χ4n) is 3.72. The molecule has 0 fully saturated rings. The van der Waals surface area contributed by atoms with Crippen LogP contribution in [0.5, 0.6) is 0 Å². The first-order valence-electron chi connectivity index (χ1n) is 8.60. The van der Waals surface area contributed by atoms with E-state index in [1.54, 1.807) is 6.07 Å². The van der Waals surface area contributed by atoms with Gasteiger partial charge in [-0.2, -0.15) is 0 Å². The van der Waals surface area contributed by atoms with Gasteiger partial charge in [-0.15, -0.1) is 0 Å². The van der Waals surface area contributed by atoms with Crippen molar-refractivity contribution >= 4 is 22.5 Å². The molecule has 0 radical (unpaired) electrons. The molecule has 0 saturated carbocycles. The number of benzene rings is 2. The number of aryl methyl sites for hydroxylation is 1. The average molecular weight is 340 g/mol. The van der Waals surface area contributed by atoms with E-state index in [0.717, 1.165) is 47.8 Å². The molecule has 0 saturated heterocycles. The molecule has 3 aromatic rings. The van der Waals surface area contributed by atoms with Crippen LogP contribution in [0.3, 0.4) is 0 Å². The van der Waals surface area contributed by atoms with Crippen LogP contribution in [0.15, 0.2) is 42.5 Å². The molecule has 1 aliphatic rings. The summed E-state index contributed by atoms with van der Waals surface area (Å²) in [5.74, 6) is -0.186. The molecule has 0 unspecified atom stereocenters. The monoisotopic (exact) mass is 339 g/mol. The summed E-state index contributed by atoms with van der Waals surface area (Å²) in [6.45, 7) is 0. The molecule has 3 heteroatoms. The molecule has 24 heavy (non-hydrogen) atoms. The van der Waals surface area contributed by atoms with E-state index in [9.17, 15) is 4.39 Å². The zero-order chi connectivity index (χ0) is 16.5. The average Bonchev–Trinajstić information content (AvgIpc) is 2.56. The fraction of sp³-hybridized carbons (Fsp3) is 0.286. The molecule has 0 aliphatic heterocycles. The van der Waals surface area contributed by atoms with Gasteiger partial charge < -0.3 is 0 Å². The third-order valence-electron chi connectivity index (χ3n) is 4.87. The second-order valence-corrected chi connectivity index (χ2v) is 6.90. The smallest absolute Gasteiger partial charge is 0.131 e. The number of halogens is 2. The first kappa shape index (κ1) is 15.6. The van der Waals surface area contributed by atoms with Crippen LogP contribution in [0.4, 0.5) is 4.39 Å². The number of hydrogen-bond acceptors (Lipinski definition) is 1. The van der Waals surface area contributed by atoms with Crippen LogP contribution in [0.2, 0.25) is 5.02 Å². The van der Waals surface area contributed by atoms with Crippen molar-refractivity contribution < 1.29 is 4.39 Å². The van der Waals surface area contributed by atoms with E-state index in [-0.39, 0.29) is 5.82 Å². The fourth-order valence-corrected chi connectivity index (χ4v) is 3.89. The van der Waals surface area contributed by atoms with Gasteiger partial charge in [-0.1, -0.05) is 42.6 Å². The lowest BCUT2D eigenvalue weighted by molar-refractivity contribution is 0.609. The molecular weight excluding hydrogens is 321 g/mol. The Kier molecular flexibility index (Phi) is 4.24. The summed E-state index contributed by atoms with van der Waals surface area (Å²) in [4.78, 5) is 4.89. The molecular formula is C21H19ClFN. The largest absolute Gasteiger partial charge is 0.253 e. The summed E-state index contributed by atoms with van der Waals surface area (Å²) in [5, 5.41) is 1.61. The second-order valence-electron chi connectivity index (χ2n) is 6.47. The van der Waals surface area contributed by atoms with Gasteiger partial charge in [-0.05, 0) is 61.1 Å². The van der Waals surface area contributed by atoms with E-state index in [1.807, 2.05) is 30.3 Å². The topological polar surface area (TPSA) is 12.9 Å². The number of pyridine rings is 1. The van der Waals surface area contributed by atoms with Crippen LogP contribution < -0.4 is 0 Å². The van der Waals surface area contributed by atoms with Gasteiger partial charge in [-0.3, -0.25) is 4.98 Å². The third kappa shape index (κ3) is 2.80. The highest BCUT2D eigenvalue weighted by Gasteiger charge is 2.19. The maximum absolute atomic E-state index is 14.6. The molecule has 0 spiro atoms. The number of hydrogen-bond donors (Lipinski definition) is 0. The zero-order valence-electron chi connectivity index (χ0n) is 13.5. The van der Waals surface area contributed by atoms with Gasteiger partial charge in [0.15, 0.2) is 0 Å². The van der Waals surface area contributed by atoms with Crippen molar-refractivity contribution in [2.75, 3.05) is 0 Å². The molecule has 1 aromatic heterocycles. The molecule has 1 heterocycles. The van der Waals surface area contributed by atoms with E-state index in [0.29, 0.717) is 10.6 Å². The molecule has 0 amide bonds. The summed E-state index contributed by atoms with van der Waals surface area (Å²) in [6.07, 6.45) is 6.67. The van der Waals surface area contributed by atoms with Gasteiger partial charge in [0.1, 0.15) is 5.82 Å². The van der Waals surface area contributed by atoms with Gasteiger partial charge in [0, 0.05) is 21.7 Å². The number of fused-ring (bicyclic) bond motifs is 2. The van der Waals surface area contributed by atoms with Crippen molar-refractivity contribution in [2.45, 2.75) is 38.5 Å². The molecule has 2 aromatic carbocycles. The van der Waals surface area contributed by atoms with Crippen LogP contribution in [0.1, 0.15) is 36.9 Å². The summed E-state index contributed by atoms with van der Waals surface area (Å²) in [5.41, 5.74) is 4.87. The Labute approximate surface area is 146 Å². The van der Waals surface area contributed by atoms with Crippen molar-refractivity contribution in [3.8, 4) is 11.1 Å². The summed E-state index contributed by atoms with van der Waals surface area (Å²) in [6, 6.07) is 12.7. The van der Waals surface area contributed by atoms with Crippen molar-refractivity contribution in [3.63, 3.8) is 0 Å². The van der Waals surface area contributed by atoms with Crippen LogP contribution in [-0.2, 0) is 12.8 Å². The highest BCUT2D eigenvalue weighted by molar-refractivity contribution is 6.31. The van der Waals surface area contributed by atoms with E-state index >= 15 is 0 Å². The first-order chi connectivity index (χ1) is 11.7. The lowest BCUT2D eigenvalue weighted by Crippen LogP contribution is -2.06. The predicted octanol–water partition coefficient (Wildman–Crippen LogP) is 6.35. The molecule has 0 bridgehead atoms. The highest BCUT2D eigenvalue weighted by atomic mass is 35.5. The van der Waals surface area contributed by atoms with Gasteiger partial charge in [0.25, 0.3) is 0 Å². The maximum Gasteiger partial charge on any atom is 0.131 e. The van der Waals surface area contributed by atoms with Crippen molar-refractivity contribution in [1.82, 2.24) is 4.98 Å². The van der Waals surface area contributed by atoms with Crippen molar-refractivity contribution in [3.05, 3.63) is 64.6 Å². The molecule has 0 N–H and O–H groups in total. The zero-order valence-corrected chi connectivity index (χ0v) is 14.2. The Bertz CT molecular complexity index is 904. The Morgan fingerprint density at radius 3 is 2.54 bits per heavy atom. The molecule has 1 nitrogen and oxygen atoms in total. The number of rotatable bonds is 1. The van der Waals surface area contributed by atoms with Crippen LogP contribution in [-0.4, -0.2) is 4.98 Å². The van der Waals surface area contributed by atoms with Gasteiger partial charge in [0.05, 0.1) is 5.52 Å². The van der Waals surface area contributed by atoms with E-state index in [2.05, 4.69) is 0 Å². The summed E-state index contributed by atoms with van der Waals surface area (Å²) >= 11 is 6.24.